The van der Waals surface area contributed by atoms with Crippen LogP contribution in [0.25, 0.3) is 23.0 Å². The molecule has 0 saturated carbocycles. The van der Waals surface area contributed by atoms with Crippen molar-refractivity contribution in [3.63, 3.8) is 0 Å². The Labute approximate surface area is 167 Å². The Morgan fingerprint density at radius 3 is 2.52 bits per heavy atom. The average molecular weight is 392 g/mol. The Bertz CT molecular complexity index is 1040. The maximum Gasteiger partial charge on any atom is 0.263 e. The zero-order chi connectivity index (χ0) is 18.8. The van der Waals surface area contributed by atoms with E-state index in [1.807, 2.05) is 47.3 Å². The van der Waals surface area contributed by atoms with Crippen molar-refractivity contribution in [2.24, 2.45) is 0 Å². The smallest absolute Gasteiger partial charge is 0.263 e. The average Bonchev–Trinajstić information content (AvgIpc) is 3.25. The highest BCUT2D eigenvalue weighted by molar-refractivity contribution is 8.26. The lowest BCUT2D eigenvalue weighted by Crippen LogP contribution is -2.17. The van der Waals surface area contributed by atoms with Gasteiger partial charge in [0.05, 0.1) is 16.3 Å². The summed E-state index contributed by atoms with van der Waals surface area (Å²) in [6.07, 6.45) is 4.79. The fourth-order valence-corrected chi connectivity index (χ4v) is 3.93. The van der Waals surface area contributed by atoms with Gasteiger partial charge in [-0.3, -0.25) is 4.79 Å². The lowest BCUT2D eigenvalue weighted by Gasteiger charge is -2.02. The van der Waals surface area contributed by atoms with E-state index in [1.165, 1.54) is 17.3 Å². The predicted molar refractivity (Wildman–Crippen MR) is 115 cm³/mol. The Morgan fingerprint density at radius 2 is 1.89 bits per heavy atom. The van der Waals surface area contributed by atoms with Crippen LogP contribution >= 0.6 is 24.0 Å². The second-order valence-electron chi connectivity index (χ2n) is 6.12. The molecule has 0 bridgehead atoms. The lowest BCUT2D eigenvalue weighted by molar-refractivity contribution is -0.115. The quantitative estimate of drug-likeness (QED) is 0.522. The first-order valence-electron chi connectivity index (χ1n) is 8.63. The summed E-state index contributed by atoms with van der Waals surface area (Å²) in [6, 6.07) is 18.3. The molecule has 1 amide bonds. The highest BCUT2D eigenvalue weighted by Gasteiger charge is 2.23. The molecular weight excluding hydrogens is 374 g/mol. The molecule has 2 heterocycles. The second kappa shape index (κ2) is 7.50. The summed E-state index contributed by atoms with van der Waals surface area (Å²) < 4.78 is 2.32. The fourth-order valence-electron chi connectivity index (χ4n) is 2.89. The van der Waals surface area contributed by atoms with E-state index in [0.29, 0.717) is 9.23 Å². The molecule has 134 valence electrons. The van der Waals surface area contributed by atoms with Crippen LogP contribution in [0.15, 0.2) is 65.7 Å². The number of thioether (sulfide) groups is 1. The van der Waals surface area contributed by atoms with Gasteiger partial charge in [-0.05, 0) is 30.2 Å². The standard InChI is InChI=1S/C21H17N3OS2/c1-2-14-8-10-15(11-9-14)19-16(12-18-20(25)22-21(26)27-18)13-24(23-19)17-6-4-3-5-7-17/h3-13H,2H2,1H3,(H,22,25,26). The fraction of sp³-hybridized carbons (Fsp3) is 0.0952. The van der Waals surface area contributed by atoms with E-state index >= 15 is 0 Å². The maximum absolute atomic E-state index is 12.1. The van der Waals surface area contributed by atoms with E-state index in [2.05, 4.69) is 36.5 Å². The van der Waals surface area contributed by atoms with Crippen LogP contribution in [-0.4, -0.2) is 20.0 Å². The molecule has 3 aromatic rings. The summed E-state index contributed by atoms with van der Waals surface area (Å²) in [6.45, 7) is 2.13. The molecular formula is C21H17N3OS2. The minimum absolute atomic E-state index is 0.162. The second-order valence-corrected chi connectivity index (χ2v) is 7.83. The Balaban J connectivity index is 1.82. The van der Waals surface area contributed by atoms with Gasteiger partial charge in [0.1, 0.15) is 4.32 Å². The van der Waals surface area contributed by atoms with E-state index in [0.717, 1.165) is 28.9 Å². The van der Waals surface area contributed by atoms with Gasteiger partial charge in [-0.1, -0.05) is 73.4 Å². The number of carbonyl (C=O) groups excluding carboxylic acids is 1. The van der Waals surface area contributed by atoms with Crippen LogP contribution in [0.1, 0.15) is 18.1 Å². The third-order valence-electron chi connectivity index (χ3n) is 4.33. The number of benzene rings is 2. The molecule has 1 fully saturated rings. The van der Waals surface area contributed by atoms with Crippen LogP contribution < -0.4 is 5.32 Å². The number of hydrogen-bond acceptors (Lipinski definition) is 4. The van der Waals surface area contributed by atoms with Crippen molar-refractivity contribution in [2.75, 3.05) is 0 Å². The minimum atomic E-state index is -0.162. The van der Waals surface area contributed by atoms with Gasteiger partial charge in [0.15, 0.2) is 0 Å². The number of amides is 1. The normalized spacial score (nSPS) is 15.4. The molecule has 6 heteroatoms. The van der Waals surface area contributed by atoms with Gasteiger partial charge in [-0.2, -0.15) is 5.10 Å². The summed E-state index contributed by atoms with van der Waals surface area (Å²) >= 11 is 6.37. The number of hydrogen-bond donors (Lipinski definition) is 1. The van der Waals surface area contributed by atoms with E-state index in [9.17, 15) is 4.79 Å². The number of nitrogens with one attached hydrogen (secondary N) is 1. The summed E-state index contributed by atoms with van der Waals surface area (Å²) in [4.78, 5) is 12.7. The minimum Gasteiger partial charge on any atom is -0.307 e. The zero-order valence-electron chi connectivity index (χ0n) is 14.7. The Kier molecular flexibility index (Phi) is 4.92. The predicted octanol–water partition coefficient (Wildman–Crippen LogP) is 4.59. The summed E-state index contributed by atoms with van der Waals surface area (Å²) in [5.74, 6) is -0.162. The summed E-state index contributed by atoms with van der Waals surface area (Å²) in [5, 5.41) is 7.45. The number of nitrogens with zero attached hydrogens (tertiary/aromatic N) is 2. The van der Waals surface area contributed by atoms with E-state index in [4.69, 9.17) is 17.3 Å². The molecule has 27 heavy (non-hydrogen) atoms. The van der Waals surface area contributed by atoms with Gasteiger partial charge in [-0.25, -0.2) is 4.68 Å². The van der Waals surface area contributed by atoms with Crippen molar-refractivity contribution < 1.29 is 4.79 Å². The zero-order valence-corrected chi connectivity index (χ0v) is 16.3. The monoisotopic (exact) mass is 391 g/mol. The molecule has 0 radical (unpaired) electrons. The van der Waals surface area contributed by atoms with Crippen molar-refractivity contribution >= 4 is 40.3 Å². The maximum atomic E-state index is 12.1. The molecule has 0 unspecified atom stereocenters. The van der Waals surface area contributed by atoms with Gasteiger partial charge in [0.25, 0.3) is 5.91 Å². The molecule has 1 aliphatic rings. The topological polar surface area (TPSA) is 46.9 Å². The molecule has 1 aliphatic heterocycles. The number of thiocarbonyl (C=S) groups is 1. The SMILES string of the molecule is CCc1ccc(-c2nn(-c3ccccc3)cc2C=C2SC(=S)NC2=O)cc1. The first-order valence-corrected chi connectivity index (χ1v) is 9.86. The Morgan fingerprint density at radius 1 is 1.15 bits per heavy atom. The Hall–Kier alpha value is -2.70. The van der Waals surface area contributed by atoms with Crippen molar-refractivity contribution in [2.45, 2.75) is 13.3 Å². The van der Waals surface area contributed by atoms with Crippen LogP contribution in [-0.2, 0) is 11.2 Å². The van der Waals surface area contributed by atoms with Crippen LogP contribution in [0.3, 0.4) is 0 Å². The molecule has 1 N–H and O–H groups in total. The van der Waals surface area contributed by atoms with Crippen molar-refractivity contribution in [3.05, 3.63) is 76.8 Å². The number of aromatic nitrogens is 2. The van der Waals surface area contributed by atoms with Crippen molar-refractivity contribution in [1.29, 1.82) is 0 Å². The largest absolute Gasteiger partial charge is 0.307 e. The number of para-hydroxylation sites is 1. The molecule has 2 aromatic carbocycles. The summed E-state index contributed by atoms with van der Waals surface area (Å²) in [5.41, 5.74) is 4.97. The molecule has 4 rings (SSSR count). The molecule has 0 atom stereocenters. The first-order chi connectivity index (χ1) is 13.1. The molecule has 4 nitrogen and oxygen atoms in total. The summed E-state index contributed by atoms with van der Waals surface area (Å²) in [7, 11) is 0. The van der Waals surface area contributed by atoms with E-state index in [-0.39, 0.29) is 5.91 Å². The highest BCUT2D eigenvalue weighted by Crippen LogP contribution is 2.31. The van der Waals surface area contributed by atoms with Crippen molar-refractivity contribution in [3.8, 4) is 16.9 Å². The molecule has 0 aliphatic carbocycles. The lowest BCUT2D eigenvalue weighted by atomic mass is 10.0. The first kappa shape index (κ1) is 17.7. The molecule has 1 saturated heterocycles. The molecule has 1 aromatic heterocycles. The number of rotatable bonds is 4. The number of carbonyl (C=O) groups is 1. The van der Waals surface area contributed by atoms with E-state index < -0.39 is 0 Å². The highest BCUT2D eigenvalue weighted by atomic mass is 32.2. The third-order valence-corrected chi connectivity index (χ3v) is 5.49. The van der Waals surface area contributed by atoms with Crippen LogP contribution in [0, 0.1) is 0 Å². The number of aryl methyl sites for hydroxylation is 1. The van der Waals surface area contributed by atoms with Gasteiger partial charge in [-0.15, -0.1) is 0 Å². The van der Waals surface area contributed by atoms with Crippen LogP contribution in [0.4, 0.5) is 0 Å². The van der Waals surface area contributed by atoms with Crippen LogP contribution in [0.5, 0.6) is 0 Å². The van der Waals surface area contributed by atoms with Crippen LogP contribution in [0.2, 0.25) is 0 Å². The van der Waals surface area contributed by atoms with Gasteiger partial charge in [0.2, 0.25) is 0 Å². The van der Waals surface area contributed by atoms with Crippen molar-refractivity contribution in [1.82, 2.24) is 15.1 Å². The van der Waals surface area contributed by atoms with Gasteiger partial charge < -0.3 is 5.32 Å². The van der Waals surface area contributed by atoms with Gasteiger partial charge >= 0.3 is 0 Å². The van der Waals surface area contributed by atoms with Gasteiger partial charge in [0, 0.05) is 17.3 Å². The molecule has 0 spiro atoms. The van der Waals surface area contributed by atoms with E-state index in [1.54, 1.807) is 0 Å². The third kappa shape index (κ3) is 3.72.